The molecule has 1 atom stereocenters. The first-order valence-corrected chi connectivity index (χ1v) is 4.50. The summed E-state index contributed by atoms with van der Waals surface area (Å²) in [6, 6.07) is 0.527. The zero-order valence-corrected chi connectivity index (χ0v) is 8.22. The topological polar surface area (TPSA) is 30.5 Å². The Balaban J connectivity index is 2.15. The lowest BCUT2D eigenvalue weighted by Crippen LogP contribution is -2.42. The number of methoxy groups -OCH3 is 1. The van der Waals surface area contributed by atoms with Gasteiger partial charge in [-0.1, -0.05) is 0 Å². The van der Waals surface area contributed by atoms with Crippen molar-refractivity contribution < 1.29 is 9.47 Å². The van der Waals surface area contributed by atoms with Gasteiger partial charge in [-0.2, -0.15) is 0 Å². The van der Waals surface area contributed by atoms with Crippen LogP contribution < -0.4 is 5.32 Å². The molecule has 1 unspecified atom stereocenters. The van der Waals surface area contributed by atoms with Gasteiger partial charge in [0.15, 0.2) is 0 Å². The third-order valence-corrected chi connectivity index (χ3v) is 2.30. The smallest absolute Gasteiger partial charge is 0.0746 e. The molecule has 0 aromatic carbocycles. The molecule has 1 fully saturated rings. The first-order chi connectivity index (χ1) is 5.64. The summed E-state index contributed by atoms with van der Waals surface area (Å²) in [4.78, 5) is 0. The monoisotopic (exact) mass is 173 g/mol. The summed E-state index contributed by atoms with van der Waals surface area (Å²) >= 11 is 0. The molecule has 1 aliphatic heterocycles. The maximum Gasteiger partial charge on any atom is 0.0746 e. The minimum atomic E-state index is -0.0669. The molecule has 1 rings (SSSR count). The molecule has 0 aromatic heterocycles. The Labute approximate surface area is 74.4 Å². The highest BCUT2D eigenvalue weighted by Crippen LogP contribution is 2.08. The molecule has 0 bridgehead atoms. The molecule has 72 valence electrons. The van der Waals surface area contributed by atoms with Crippen molar-refractivity contribution in [2.75, 3.05) is 26.9 Å². The van der Waals surface area contributed by atoms with Gasteiger partial charge < -0.3 is 14.8 Å². The van der Waals surface area contributed by atoms with E-state index in [9.17, 15) is 0 Å². The van der Waals surface area contributed by atoms with Crippen molar-refractivity contribution in [2.45, 2.75) is 31.9 Å². The normalized spacial score (nSPS) is 24.8. The van der Waals surface area contributed by atoms with E-state index >= 15 is 0 Å². The van der Waals surface area contributed by atoms with Gasteiger partial charge in [0, 0.05) is 26.3 Å². The second-order valence-corrected chi connectivity index (χ2v) is 3.91. The average Bonchev–Trinajstić information content (AvgIpc) is 2.53. The molecule has 1 saturated heterocycles. The van der Waals surface area contributed by atoms with Crippen LogP contribution in [0.3, 0.4) is 0 Å². The first kappa shape index (κ1) is 9.96. The standard InChI is InChI=1S/C9H19NO2/c1-9(2,11-3)7-10-8-4-5-12-6-8/h8,10H,4-7H2,1-3H3. The van der Waals surface area contributed by atoms with Gasteiger partial charge >= 0.3 is 0 Å². The second-order valence-electron chi connectivity index (χ2n) is 3.91. The molecule has 0 spiro atoms. The van der Waals surface area contributed by atoms with Crippen molar-refractivity contribution in [3.8, 4) is 0 Å². The van der Waals surface area contributed by atoms with Crippen molar-refractivity contribution >= 4 is 0 Å². The van der Waals surface area contributed by atoms with E-state index in [4.69, 9.17) is 9.47 Å². The van der Waals surface area contributed by atoms with Crippen LogP contribution in [0.5, 0.6) is 0 Å². The fraction of sp³-hybridized carbons (Fsp3) is 1.00. The van der Waals surface area contributed by atoms with Crippen LogP contribution >= 0.6 is 0 Å². The summed E-state index contributed by atoms with van der Waals surface area (Å²) in [5.41, 5.74) is -0.0669. The molecule has 0 aliphatic carbocycles. The number of hydrogen-bond acceptors (Lipinski definition) is 3. The molecule has 12 heavy (non-hydrogen) atoms. The number of ether oxygens (including phenoxy) is 2. The van der Waals surface area contributed by atoms with Gasteiger partial charge in [-0.05, 0) is 20.3 Å². The molecule has 0 saturated carbocycles. The van der Waals surface area contributed by atoms with E-state index in [1.165, 1.54) is 0 Å². The number of nitrogens with one attached hydrogen (secondary N) is 1. The Morgan fingerprint density at radius 3 is 2.83 bits per heavy atom. The van der Waals surface area contributed by atoms with E-state index < -0.39 is 0 Å². The van der Waals surface area contributed by atoms with Crippen LogP contribution in [0.15, 0.2) is 0 Å². The number of rotatable bonds is 4. The van der Waals surface area contributed by atoms with Crippen molar-refractivity contribution in [3.05, 3.63) is 0 Å². The van der Waals surface area contributed by atoms with Crippen LogP contribution in [0.1, 0.15) is 20.3 Å². The molecule has 3 nitrogen and oxygen atoms in total. The zero-order chi connectivity index (χ0) is 9.03. The Bertz CT molecular complexity index is 130. The van der Waals surface area contributed by atoms with Gasteiger partial charge in [0.05, 0.1) is 12.2 Å². The Hall–Kier alpha value is -0.120. The van der Waals surface area contributed by atoms with E-state index in [0.29, 0.717) is 6.04 Å². The van der Waals surface area contributed by atoms with E-state index in [0.717, 1.165) is 26.2 Å². The van der Waals surface area contributed by atoms with Crippen molar-refractivity contribution in [1.29, 1.82) is 0 Å². The van der Waals surface area contributed by atoms with E-state index in [2.05, 4.69) is 19.2 Å². The van der Waals surface area contributed by atoms with Gasteiger partial charge in [0.1, 0.15) is 0 Å². The van der Waals surface area contributed by atoms with E-state index in [1.807, 2.05) is 0 Å². The van der Waals surface area contributed by atoms with Crippen LogP contribution in [0, 0.1) is 0 Å². The minimum absolute atomic E-state index is 0.0669. The fourth-order valence-electron chi connectivity index (χ4n) is 1.16. The lowest BCUT2D eigenvalue weighted by molar-refractivity contribution is 0.0207. The van der Waals surface area contributed by atoms with Gasteiger partial charge in [0.2, 0.25) is 0 Å². The second kappa shape index (κ2) is 4.21. The maximum absolute atomic E-state index is 5.29. The van der Waals surface area contributed by atoms with Crippen molar-refractivity contribution in [1.82, 2.24) is 5.32 Å². The lowest BCUT2D eigenvalue weighted by atomic mass is 10.1. The predicted octanol–water partition coefficient (Wildman–Crippen LogP) is 0.790. The predicted molar refractivity (Wildman–Crippen MR) is 48.3 cm³/mol. The lowest BCUT2D eigenvalue weighted by Gasteiger charge is -2.25. The molecular weight excluding hydrogens is 154 g/mol. The SMILES string of the molecule is COC(C)(C)CNC1CCOC1. The van der Waals surface area contributed by atoms with Crippen molar-refractivity contribution in [3.63, 3.8) is 0 Å². The molecule has 1 N–H and O–H groups in total. The quantitative estimate of drug-likeness (QED) is 0.682. The summed E-state index contributed by atoms with van der Waals surface area (Å²) in [5, 5.41) is 3.42. The van der Waals surface area contributed by atoms with Crippen LogP contribution in [0.4, 0.5) is 0 Å². The molecule has 0 amide bonds. The molecule has 0 radical (unpaired) electrons. The van der Waals surface area contributed by atoms with Crippen molar-refractivity contribution in [2.24, 2.45) is 0 Å². The highest BCUT2D eigenvalue weighted by atomic mass is 16.5. The Morgan fingerprint density at radius 1 is 1.58 bits per heavy atom. The van der Waals surface area contributed by atoms with Crippen LogP contribution in [-0.2, 0) is 9.47 Å². The third kappa shape index (κ3) is 3.09. The molecule has 0 aromatic rings. The summed E-state index contributed by atoms with van der Waals surface area (Å²) < 4.78 is 10.5. The van der Waals surface area contributed by atoms with Gasteiger partial charge in [-0.25, -0.2) is 0 Å². The van der Waals surface area contributed by atoms with Crippen LogP contribution in [0.2, 0.25) is 0 Å². The highest BCUT2D eigenvalue weighted by Gasteiger charge is 2.20. The van der Waals surface area contributed by atoms with Gasteiger partial charge in [0.25, 0.3) is 0 Å². The molecular formula is C9H19NO2. The Morgan fingerprint density at radius 2 is 2.33 bits per heavy atom. The fourth-order valence-corrected chi connectivity index (χ4v) is 1.16. The first-order valence-electron chi connectivity index (χ1n) is 4.50. The maximum atomic E-state index is 5.29. The van der Waals surface area contributed by atoms with E-state index in [-0.39, 0.29) is 5.60 Å². The van der Waals surface area contributed by atoms with E-state index in [1.54, 1.807) is 7.11 Å². The molecule has 1 heterocycles. The van der Waals surface area contributed by atoms with Gasteiger partial charge in [-0.15, -0.1) is 0 Å². The molecule has 1 aliphatic rings. The van der Waals surface area contributed by atoms with Crippen LogP contribution in [0.25, 0.3) is 0 Å². The largest absolute Gasteiger partial charge is 0.380 e. The average molecular weight is 173 g/mol. The summed E-state index contributed by atoms with van der Waals surface area (Å²) in [6.45, 7) is 6.79. The summed E-state index contributed by atoms with van der Waals surface area (Å²) in [6.07, 6.45) is 1.12. The van der Waals surface area contributed by atoms with Crippen LogP contribution in [-0.4, -0.2) is 38.5 Å². The Kier molecular flexibility index (Phi) is 3.50. The zero-order valence-electron chi connectivity index (χ0n) is 8.22. The molecule has 3 heteroatoms. The third-order valence-electron chi connectivity index (χ3n) is 2.30. The summed E-state index contributed by atoms with van der Waals surface area (Å²) in [5.74, 6) is 0. The summed E-state index contributed by atoms with van der Waals surface area (Å²) in [7, 11) is 1.74. The van der Waals surface area contributed by atoms with Gasteiger partial charge in [-0.3, -0.25) is 0 Å². The highest BCUT2D eigenvalue weighted by molar-refractivity contribution is 4.77. The number of hydrogen-bond donors (Lipinski definition) is 1. The minimum Gasteiger partial charge on any atom is -0.380 e.